The fourth-order valence-corrected chi connectivity index (χ4v) is 4.18. The first-order valence-corrected chi connectivity index (χ1v) is 13.8. The monoisotopic (exact) mass is 627 g/mol. The Bertz CT molecular complexity index is 1850. The zero-order valence-electron chi connectivity index (χ0n) is 25.7. The molecule has 3 aromatic carbocycles. The highest BCUT2D eigenvalue weighted by Gasteiger charge is 2.15. The first-order chi connectivity index (χ1) is 21.5. The summed E-state index contributed by atoms with van der Waals surface area (Å²) >= 11 is 0. The topological polar surface area (TPSA) is 142 Å². The van der Waals surface area contributed by atoms with E-state index in [4.69, 9.17) is 5.73 Å². The minimum atomic E-state index is -0.637. The predicted octanol–water partition coefficient (Wildman–Crippen LogP) is 7.21. The molecule has 0 saturated carbocycles. The number of benzene rings is 3. The van der Waals surface area contributed by atoms with Crippen LogP contribution in [0.4, 0.5) is 32.3 Å². The highest BCUT2D eigenvalue weighted by atomic mass is 19.1. The molecule has 5 aromatic rings. The van der Waals surface area contributed by atoms with Gasteiger partial charge in [-0.3, -0.25) is 4.79 Å². The van der Waals surface area contributed by atoms with E-state index in [2.05, 4.69) is 37.1 Å². The highest BCUT2D eigenvalue weighted by molar-refractivity contribution is 6.00. The molecule has 0 aliphatic carbocycles. The van der Waals surface area contributed by atoms with Crippen LogP contribution in [0.1, 0.15) is 27.6 Å². The quantitative estimate of drug-likeness (QED) is 0.168. The molecule has 0 aliphatic rings. The Labute approximate surface area is 271 Å². The number of nitrogens with one attached hydrogen (secondary N) is 2. The Hall–Kier alpha value is -5.91. The number of allylic oxidation sites excluding steroid dienone is 1. The number of nitrogens with zero attached hydrogens (tertiary/aromatic N) is 6. The number of hydrogen-bond donors (Lipinski definition) is 3. The van der Waals surface area contributed by atoms with Crippen molar-refractivity contribution in [1.29, 1.82) is 0 Å². The van der Waals surface area contributed by atoms with Crippen LogP contribution >= 0.6 is 0 Å². The zero-order chi connectivity index (χ0) is 32.7. The molecule has 11 nitrogen and oxygen atoms in total. The number of nitrogen functional groups attached to an aromatic ring is 1. The average molecular weight is 628 g/mol. The van der Waals surface area contributed by atoms with Crippen LogP contribution in [0.2, 0.25) is 0 Å². The number of fused-ring (bicyclic) bond motifs is 1. The summed E-state index contributed by atoms with van der Waals surface area (Å²) in [4.78, 5) is 45.4. The van der Waals surface area contributed by atoms with Gasteiger partial charge in [0.1, 0.15) is 11.6 Å². The standard InChI is InChI=1S/C30H28FN9O2.C3H6.CH4.2H2/c1-39(2)28(41)17-5-8-20(9-6-17)35-30(42)36-21-10-12-22(24(31)14-21)27-37-25-13-18(7-11-23(25)26(32)38-27)19-15-33-29(34-16-19)40(3)4;1-3-2;;;/h5-16H,1-4H3,(H2,32,37,38)(H2,35,36,42);3H,1H2,2H3;1H4;2*1H. The molecule has 0 bridgehead atoms. The van der Waals surface area contributed by atoms with Gasteiger partial charge in [-0.15, -0.1) is 6.58 Å². The summed E-state index contributed by atoms with van der Waals surface area (Å²) in [5, 5.41) is 5.88. The third kappa shape index (κ3) is 8.17. The third-order valence-electron chi connectivity index (χ3n) is 6.36. The predicted molar refractivity (Wildman–Crippen MR) is 189 cm³/mol. The molecular weight excluding hydrogens is 585 g/mol. The van der Waals surface area contributed by atoms with Gasteiger partial charge in [-0.05, 0) is 67.1 Å². The zero-order valence-corrected chi connectivity index (χ0v) is 25.7. The first kappa shape index (κ1) is 34.6. The van der Waals surface area contributed by atoms with Crippen LogP contribution in [0.5, 0.6) is 0 Å². The number of rotatable bonds is 6. The number of carbonyl (C=O) groups is 2. The second kappa shape index (κ2) is 15.2. The van der Waals surface area contributed by atoms with E-state index in [0.717, 1.165) is 11.1 Å². The summed E-state index contributed by atoms with van der Waals surface area (Å²) in [6.45, 7) is 5.25. The molecular formula is C34H42FN9O2. The summed E-state index contributed by atoms with van der Waals surface area (Å²) in [6.07, 6.45) is 5.19. The van der Waals surface area contributed by atoms with Crippen LogP contribution in [0.15, 0.2) is 85.7 Å². The molecule has 0 fully saturated rings. The van der Waals surface area contributed by atoms with Gasteiger partial charge in [0.15, 0.2) is 5.82 Å². The van der Waals surface area contributed by atoms with Crippen molar-refractivity contribution in [3.63, 3.8) is 0 Å². The summed E-state index contributed by atoms with van der Waals surface area (Å²) in [7, 11) is 7.04. The van der Waals surface area contributed by atoms with Crippen molar-refractivity contribution >= 4 is 46.0 Å². The van der Waals surface area contributed by atoms with Crippen LogP contribution in [0.25, 0.3) is 33.4 Å². The Balaban J connectivity index is 0.00000185. The molecule has 12 heteroatoms. The lowest BCUT2D eigenvalue weighted by Crippen LogP contribution is -2.22. The Morgan fingerprint density at radius 3 is 2.09 bits per heavy atom. The summed E-state index contributed by atoms with van der Waals surface area (Å²) in [6, 6.07) is 15.6. The SMILES string of the molecule is C.C=CC.CN(C)C(=O)c1ccc(NC(=O)Nc2ccc(-c3nc(N)c4ccc(-c5cnc(N(C)C)nc5)cc4n3)c(F)c2)cc1.[HH].[HH]. The fourth-order valence-electron chi connectivity index (χ4n) is 4.18. The Kier molecular flexibility index (Phi) is 11.4. The van der Waals surface area contributed by atoms with Gasteiger partial charge < -0.3 is 26.2 Å². The van der Waals surface area contributed by atoms with Crippen LogP contribution < -0.4 is 21.3 Å². The fraction of sp³-hybridized carbons (Fsp3) is 0.176. The summed E-state index contributed by atoms with van der Waals surface area (Å²) in [5.74, 6) is 0.120. The van der Waals surface area contributed by atoms with Gasteiger partial charge in [0.05, 0.1) is 11.1 Å². The van der Waals surface area contributed by atoms with Crippen LogP contribution in [-0.2, 0) is 0 Å². The van der Waals surface area contributed by atoms with Crippen LogP contribution in [0, 0.1) is 5.82 Å². The average Bonchev–Trinajstić information content (AvgIpc) is 3.01. The van der Waals surface area contributed by atoms with E-state index in [1.807, 2.05) is 33.2 Å². The van der Waals surface area contributed by atoms with Gasteiger partial charge >= 0.3 is 6.03 Å². The highest BCUT2D eigenvalue weighted by Crippen LogP contribution is 2.30. The Morgan fingerprint density at radius 2 is 1.50 bits per heavy atom. The van der Waals surface area contributed by atoms with Crippen molar-refractivity contribution in [3.05, 3.63) is 97.1 Å². The van der Waals surface area contributed by atoms with Crippen LogP contribution in [-0.4, -0.2) is 65.0 Å². The number of halogens is 1. The number of amides is 3. The minimum absolute atomic E-state index is 0. The number of nitrogens with two attached hydrogens (primary N) is 1. The minimum Gasteiger partial charge on any atom is -0.383 e. The molecule has 2 heterocycles. The molecule has 0 spiro atoms. The van der Waals surface area contributed by atoms with Crippen LogP contribution in [0.3, 0.4) is 0 Å². The van der Waals surface area contributed by atoms with Gasteiger partial charge in [-0.1, -0.05) is 19.6 Å². The van der Waals surface area contributed by atoms with Crippen molar-refractivity contribution in [2.24, 2.45) is 0 Å². The maximum absolute atomic E-state index is 15.2. The van der Waals surface area contributed by atoms with Crippen molar-refractivity contribution in [2.45, 2.75) is 14.4 Å². The molecule has 242 valence electrons. The van der Waals surface area contributed by atoms with Gasteiger partial charge in [0.25, 0.3) is 5.91 Å². The Morgan fingerprint density at radius 1 is 0.891 bits per heavy atom. The number of urea groups is 1. The maximum Gasteiger partial charge on any atom is 0.323 e. The first-order valence-electron chi connectivity index (χ1n) is 13.8. The van der Waals surface area contributed by atoms with Gasteiger partial charge in [-0.2, -0.15) is 0 Å². The van der Waals surface area contributed by atoms with E-state index in [1.54, 1.807) is 73.9 Å². The van der Waals surface area contributed by atoms with Gasteiger partial charge in [-0.25, -0.2) is 29.1 Å². The molecule has 46 heavy (non-hydrogen) atoms. The van der Waals surface area contributed by atoms with E-state index < -0.39 is 11.8 Å². The van der Waals surface area contributed by atoms with E-state index in [-0.39, 0.29) is 39.1 Å². The lowest BCUT2D eigenvalue weighted by molar-refractivity contribution is 0.0827. The number of carbonyl (C=O) groups excluding carboxylic acids is 2. The summed E-state index contributed by atoms with van der Waals surface area (Å²) < 4.78 is 15.2. The van der Waals surface area contributed by atoms with E-state index in [0.29, 0.717) is 28.1 Å². The molecule has 4 N–H and O–H groups in total. The van der Waals surface area contributed by atoms with Crippen molar-refractivity contribution in [2.75, 3.05) is 49.5 Å². The number of hydrogen-bond acceptors (Lipinski definition) is 8. The largest absolute Gasteiger partial charge is 0.383 e. The van der Waals surface area contributed by atoms with Crippen molar-refractivity contribution in [1.82, 2.24) is 24.8 Å². The smallest absolute Gasteiger partial charge is 0.323 e. The van der Waals surface area contributed by atoms with E-state index in [9.17, 15) is 9.59 Å². The molecule has 2 aromatic heterocycles. The second-order valence-corrected chi connectivity index (χ2v) is 10.3. The third-order valence-corrected chi connectivity index (χ3v) is 6.36. The molecule has 0 atom stereocenters. The van der Waals surface area contributed by atoms with Gasteiger partial charge in [0, 0.05) is 71.3 Å². The lowest BCUT2D eigenvalue weighted by Gasteiger charge is -2.12. The molecule has 5 rings (SSSR count). The van der Waals surface area contributed by atoms with Crippen molar-refractivity contribution < 1.29 is 16.8 Å². The number of aromatic nitrogens is 4. The van der Waals surface area contributed by atoms with E-state index in [1.165, 1.54) is 17.0 Å². The molecule has 0 saturated heterocycles. The molecule has 0 radical (unpaired) electrons. The lowest BCUT2D eigenvalue weighted by atomic mass is 10.1. The van der Waals surface area contributed by atoms with E-state index >= 15 is 4.39 Å². The molecule has 3 amide bonds. The molecule has 0 unspecified atom stereocenters. The van der Waals surface area contributed by atoms with Gasteiger partial charge in [0.2, 0.25) is 5.95 Å². The maximum atomic E-state index is 15.2. The molecule has 0 aliphatic heterocycles. The normalized spacial score (nSPS) is 10.1. The summed E-state index contributed by atoms with van der Waals surface area (Å²) in [5.41, 5.74) is 9.66. The second-order valence-electron chi connectivity index (χ2n) is 10.3. The number of anilines is 4. The van der Waals surface area contributed by atoms with Crippen molar-refractivity contribution in [3.8, 4) is 22.5 Å².